The van der Waals surface area contributed by atoms with E-state index in [-0.39, 0.29) is 5.78 Å². The molecule has 0 aliphatic heterocycles. The van der Waals surface area contributed by atoms with Gasteiger partial charge in [0, 0.05) is 17.8 Å². The van der Waals surface area contributed by atoms with Crippen LogP contribution in [-0.2, 0) is 0 Å². The second-order valence-corrected chi connectivity index (χ2v) is 3.80. The van der Waals surface area contributed by atoms with Crippen molar-refractivity contribution in [2.24, 2.45) is 0 Å². The van der Waals surface area contributed by atoms with Crippen molar-refractivity contribution in [2.45, 2.75) is 13.8 Å². The van der Waals surface area contributed by atoms with E-state index in [1.807, 2.05) is 25.1 Å². The highest BCUT2D eigenvalue weighted by molar-refractivity contribution is 6.38. The number of aromatic amines is 1. The van der Waals surface area contributed by atoms with Crippen molar-refractivity contribution in [1.29, 1.82) is 0 Å². The average molecular weight is 208 g/mol. The molecule has 14 heavy (non-hydrogen) atoms. The van der Waals surface area contributed by atoms with E-state index < -0.39 is 0 Å². The minimum absolute atomic E-state index is 0.0381. The number of aryl methyl sites for hydroxylation is 1. The number of aromatic nitrogens is 1. The van der Waals surface area contributed by atoms with Crippen LogP contribution in [0.3, 0.4) is 0 Å². The standard InChI is InChI=1S/C11H10ClNO/c1-6-3-4-8-9(5-6)13-11(7(2)14)10(8)12/h3-5,13H,1-2H3. The van der Waals surface area contributed by atoms with Gasteiger partial charge in [0.05, 0.1) is 5.02 Å². The predicted octanol–water partition coefficient (Wildman–Crippen LogP) is 3.33. The van der Waals surface area contributed by atoms with Crippen LogP contribution in [0.1, 0.15) is 23.0 Å². The van der Waals surface area contributed by atoms with Crippen molar-refractivity contribution in [3.05, 3.63) is 34.5 Å². The maximum absolute atomic E-state index is 11.2. The van der Waals surface area contributed by atoms with Crippen LogP contribution in [0.5, 0.6) is 0 Å². The Labute approximate surface area is 86.9 Å². The third kappa shape index (κ3) is 1.32. The van der Waals surface area contributed by atoms with Gasteiger partial charge in [0.25, 0.3) is 0 Å². The topological polar surface area (TPSA) is 32.9 Å². The van der Waals surface area contributed by atoms with Gasteiger partial charge in [0.1, 0.15) is 5.69 Å². The molecule has 1 N–H and O–H groups in total. The Morgan fingerprint density at radius 3 is 2.79 bits per heavy atom. The summed E-state index contributed by atoms with van der Waals surface area (Å²) in [6, 6.07) is 5.88. The maximum Gasteiger partial charge on any atom is 0.177 e. The van der Waals surface area contributed by atoms with Crippen LogP contribution in [0.4, 0.5) is 0 Å². The molecule has 1 aromatic carbocycles. The molecular weight excluding hydrogens is 198 g/mol. The van der Waals surface area contributed by atoms with E-state index in [9.17, 15) is 4.79 Å². The smallest absolute Gasteiger partial charge is 0.177 e. The summed E-state index contributed by atoms with van der Waals surface area (Å²) in [5.41, 5.74) is 2.55. The average Bonchev–Trinajstić information content (AvgIpc) is 2.43. The molecule has 1 aromatic heterocycles. The first-order chi connectivity index (χ1) is 6.59. The van der Waals surface area contributed by atoms with E-state index in [4.69, 9.17) is 11.6 Å². The largest absolute Gasteiger partial charge is 0.351 e. The van der Waals surface area contributed by atoms with Crippen LogP contribution >= 0.6 is 11.6 Å². The van der Waals surface area contributed by atoms with Gasteiger partial charge in [-0.05, 0) is 18.6 Å². The molecule has 0 bridgehead atoms. The second kappa shape index (κ2) is 3.14. The number of hydrogen-bond acceptors (Lipinski definition) is 1. The van der Waals surface area contributed by atoms with Gasteiger partial charge in [-0.15, -0.1) is 0 Å². The van der Waals surface area contributed by atoms with Gasteiger partial charge in [-0.25, -0.2) is 0 Å². The van der Waals surface area contributed by atoms with E-state index in [2.05, 4.69) is 4.98 Å². The fraction of sp³-hybridized carbons (Fsp3) is 0.182. The fourth-order valence-corrected chi connectivity index (χ4v) is 1.86. The van der Waals surface area contributed by atoms with E-state index in [1.165, 1.54) is 6.92 Å². The Morgan fingerprint density at radius 2 is 2.14 bits per heavy atom. The normalized spacial score (nSPS) is 10.8. The molecule has 72 valence electrons. The van der Waals surface area contributed by atoms with Gasteiger partial charge < -0.3 is 4.98 Å². The van der Waals surface area contributed by atoms with E-state index in [1.54, 1.807) is 0 Å². The predicted molar refractivity (Wildman–Crippen MR) is 58.1 cm³/mol. The lowest BCUT2D eigenvalue weighted by atomic mass is 10.2. The van der Waals surface area contributed by atoms with Crippen molar-refractivity contribution in [3.63, 3.8) is 0 Å². The van der Waals surface area contributed by atoms with Gasteiger partial charge in [-0.2, -0.15) is 0 Å². The zero-order chi connectivity index (χ0) is 10.3. The molecule has 2 rings (SSSR count). The number of H-pyrrole nitrogens is 1. The summed E-state index contributed by atoms with van der Waals surface area (Å²) in [4.78, 5) is 14.2. The molecule has 2 aromatic rings. The molecule has 0 unspecified atom stereocenters. The zero-order valence-electron chi connectivity index (χ0n) is 8.02. The third-order valence-electron chi connectivity index (χ3n) is 2.24. The molecule has 0 saturated carbocycles. The van der Waals surface area contributed by atoms with Gasteiger partial charge >= 0.3 is 0 Å². The number of ketones is 1. The maximum atomic E-state index is 11.2. The van der Waals surface area contributed by atoms with Crippen LogP contribution in [0.2, 0.25) is 5.02 Å². The number of carbonyl (C=O) groups excluding carboxylic acids is 1. The number of hydrogen-bond donors (Lipinski definition) is 1. The molecule has 0 saturated heterocycles. The monoisotopic (exact) mass is 207 g/mol. The molecule has 1 heterocycles. The first kappa shape index (κ1) is 9.28. The Balaban J connectivity index is 2.79. The summed E-state index contributed by atoms with van der Waals surface area (Å²) in [6.45, 7) is 3.51. The Hall–Kier alpha value is -1.28. The number of fused-ring (bicyclic) bond motifs is 1. The number of benzene rings is 1. The Bertz CT molecular complexity index is 513. The SMILES string of the molecule is CC(=O)c1[nH]c2cc(C)ccc2c1Cl. The van der Waals surface area contributed by atoms with Crippen LogP contribution < -0.4 is 0 Å². The molecule has 2 nitrogen and oxygen atoms in total. The van der Waals surface area contributed by atoms with Crippen molar-refractivity contribution < 1.29 is 4.79 Å². The first-order valence-corrected chi connectivity index (χ1v) is 4.76. The van der Waals surface area contributed by atoms with E-state index in [0.717, 1.165) is 16.5 Å². The van der Waals surface area contributed by atoms with Crippen LogP contribution in [0, 0.1) is 6.92 Å². The Kier molecular flexibility index (Phi) is 2.08. The highest BCUT2D eigenvalue weighted by Gasteiger charge is 2.12. The third-order valence-corrected chi connectivity index (χ3v) is 2.64. The van der Waals surface area contributed by atoms with Gasteiger partial charge in [-0.3, -0.25) is 4.79 Å². The van der Waals surface area contributed by atoms with Gasteiger partial charge in [0.2, 0.25) is 0 Å². The summed E-state index contributed by atoms with van der Waals surface area (Å²) in [7, 11) is 0. The number of nitrogens with one attached hydrogen (secondary N) is 1. The lowest BCUT2D eigenvalue weighted by molar-refractivity contribution is 0.101. The molecule has 0 spiro atoms. The quantitative estimate of drug-likeness (QED) is 0.715. The highest BCUT2D eigenvalue weighted by atomic mass is 35.5. The number of carbonyl (C=O) groups is 1. The number of Topliss-reactive ketones (excluding diaryl/α,β-unsaturated/α-hetero) is 1. The van der Waals surface area contributed by atoms with E-state index in [0.29, 0.717) is 10.7 Å². The lowest BCUT2D eigenvalue weighted by Gasteiger charge is -1.91. The summed E-state index contributed by atoms with van der Waals surface area (Å²) < 4.78 is 0. The molecule has 0 fully saturated rings. The van der Waals surface area contributed by atoms with Gasteiger partial charge in [-0.1, -0.05) is 23.7 Å². The molecule has 0 amide bonds. The minimum atomic E-state index is -0.0381. The minimum Gasteiger partial charge on any atom is -0.351 e. The summed E-state index contributed by atoms with van der Waals surface area (Å²) >= 11 is 6.05. The lowest BCUT2D eigenvalue weighted by Crippen LogP contribution is -1.91. The molecule has 3 heteroatoms. The van der Waals surface area contributed by atoms with Crippen LogP contribution in [0.15, 0.2) is 18.2 Å². The molecule has 0 aliphatic rings. The fourth-order valence-electron chi connectivity index (χ4n) is 1.52. The van der Waals surface area contributed by atoms with E-state index >= 15 is 0 Å². The van der Waals surface area contributed by atoms with Crippen molar-refractivity contribution >= 4 is 28.3 Å². The van der Waals surface area contributed by atoms with Crippen LogP contribution in [-0.4, -0.2) is 10.8 Å². The van der Waals surface area contributed by atoms with Crippen LogP contribution in [0.25, 0.3) is 10.9 Å². The van der Waals surface area contributed by atoms with Crippen molar-refractivity contribution in [2.75, 3.05) is 0 Å². The number of halogens is 1. The summed E-state index contributed by atoms with van der Waals surface area (Å²) in [6.07, 6.45) is 0. The molecule has 0 radical (unpaired) electrons. The first-order valence-electron chi connectivity index (χ1n) is 4.38. The molecular formula is C11H10ClNO. The summed E-state index contributed by atoms with van der Waals surface area (Å²) in [5.74, 6) is -0.0381. The summed E-state index contributed by atoms with van der Waals surface area (Å²) in [5, 5.41) is 1.43. The zero-order valence-corrected chi connectivity index (χ0v) is 8.77. The number of rotatable bonds is 1. The molecule has 0 atom stereocenters. The van der Waals surface area contributed by atoms with Crippen molar-refractivity contribution in [3.8, 4) is 0 Å². The van der Waals surface area contributed by atoms with Gasteiger partial charge in [0.15, 0.2) is 5.78 Å². The molecule has 0 aliphatic carbocycles. The van der Waals surface area contributed by atoms with Crippen molar-refractivity contribution in [1.82, 2.24) is 4.98 Å². The Morgan fingerprint density at radius 1 is 1.43 bits per heavy atom. The highest BCUT2D eigenvalue weighted by Crippen LogP contribution is 2.28. The second-order valence-electron chi connectivity index (χ2n) is 3.42.